The highest BCUT2D eigenvalue weighted by Gasteiger charge is 2.15. The summed E-state index contributed by atoms with van der Waals surface area (Å²) in [4.78, 5) is 15.5. The van der Waals surface area contributed by atoms with Crippen LogP contribution in [-0.4, -0.2) is 31.8 Å². The Hall–Kier alpha value is -2.02. The maximum Gasteiger partial charge on any atom is 0.225 e. The molecule has 0 radical (unpaired) electrons. The standard InChI is InChI=1S/C12H14N6S/c1-6-5-9-10(18-8(3)14-7(2)17-18)15-12(13-4)16-11(9)19-6/h5H,1-4H3,(H,13,15,16). The zero-order valence-corrected chi connectivity index (χ0v) is 12.0. The summed E-state index contributed by atoms with van der Waals surface area (Å²) in [5, 5.41) is 8.40. The van der Waals surface area contributed by atoms with Gasteiger partial charge in [-0.3, -0.25) is 0 Å². The highest BCUT2D eigenvalue weighted by molar-refractivity contribution is 7.18. The van der Waals surface area contributed by atoms with Gasteiger partial charge in [-0.1, -0.05) is 0 Å². The zero-order valence-electron chi connectivity index (χ0n) is 11.2. The summed E-state index contributed by atoms with van der Waals surface area (Å²) in [6.07, 6.45) is 0. The molecule has 0 saturated carbocycles. The molecule has 98 valence electrons. The Morgan fingerprint density at radius 1 is 1.16 bits per heavy atom. The van der Waals surface area contributed by atoms with E-state index in [0.717, 1.165) is 27.7 Å². The SMILES string of the molecule is CNc1nc(-n2nc(C)nc2C)c2cc(C)sc2n1. The first-order valence-electron chi connectivity index (χ1n) is 5.95. The van der Waals surface area contributed by atoms with Crippen molar-refractivity contribution < 1.29 is 0 Å². The molecule has 0 spiro atoms. The number of rotatable bonds is 2. The van der Waals surface area contributed by atoms with Crippen LogP contribution in [0, 0.1) is 20.8 Å². The van der Waals surface area contributed by atoms with Gasteiger partial charge in [-0.15, -0.1) is 16.4 Å². The zero-order chi connectivity index (χ0) is 13.6. The molecule has 7 heteroatoms. The first kappa shape index (κ1) is 12.0. The van der Waals surface area contributed by atoms with Crippen LogP contribution in [0.5, 0.6) is 0 Å². The molecule has 3 heterocycles. The summed E-state index contributed by atoms with van der Waals surface area (Å²) >= 11 is 1.65. The van der Waals surface area contributed by atoms with Crippen molar-refractivity contribution in [2.45, 2.75) is 20.8 Å². The second-order valence-electron chi connectivity index (χ2n) is 4.31. The Morgan fingerprint density at radius 2 is 1.95 bits per heavy atom. The number of aromatic nitrogens is 5. The van der Waals surface area contributed by atoms with Crippen molar-refractivity contribution in [2.75, 3.05) is 12.4 Å². The van der Waals surface area contributed by atoms with Gasteiger partial charge in [0.1, 0.15) is 16.5 Å². The minimum absolute atomic E-state index is 0.594. The fraction of sp³-hybridized carbons (Fsp3) is 0.333. The first-order chi connectivity index (χ1) is 9.08. The van der Waals surface area contributed by atoms with E-state index in [1.165, 1.54) is 4.88 Å². The Labute approximate surface area is 114 Å². The van der Waals surface area contributed by atoms with E-state index < -0.39 is 0 Å². The van der Waals surface area contributed by atoms with Crippen molar-refractivity contribution in [3.8, 4) is 5.82 Å². The van der Waals surface area contributed by atoms with Crippen molar-refractivity contribution >= 4 is 27.5 Å². The monoisotopic (exact) mass is 274 g/mol. The molecule has 3 aromatic heterocycles. The lowest BCUT2D eigenvalue weighted by atomic mass is 10.3. The number of aryl methyl sites for hydroxylation is 3. The van der Waals surface area contributed by atoms with Crippen LogP contribution in [0.3, 0.4) is 0 Å². The van der Waals surface area contributed by atoms with Crippen LogP contribution in [0.15, 0.2) is 6.07 Å². The molecule has 0 bridgehead atoms. The lowest BCUT2D eigenvalue weighted by molar-refractivity contribution is 0.809. The summed E-state index contributed by atoms with van der Waals surface area (Å²) in [6.45, 7) is 5.86. The number of hydrogen-bond acceptors (Lipinski definition) is 6. The van der Waals surface area contributed by atoms with E-state index in [4.69, 9.17) is 0 Å². The van der Waals surface area contributed by atoms with E-state index in [-0.39, 0.29) is 0 Å². The summed E-state index contributed by atoms with van der Waals surface area (Å²) in [6, 6.07) is 2.09. The van der Waals surface area contributed by atoms with Gasteiger partial charge in [-0.25, -0.2) is 9.97 Å². The molecule has 0 aromatic carbocycles. The largest absolute Gasteiger partial charge is 0.357 e. The van der Waals surface area contributed by atoms with Crippen molar-refractivity contribution in [1.82, 2.24) is 24.7 Å². The van der Waals surface area contributed by atoms with E-state index in [9.17, 15) is 0 Å². The Kier molecular flexibility index (Phi) is 2.70. The lowest BCUT2D eigenvalue weighted by Crippen LogP contribution is -2.06. The maximum atomic E-state index is 4.52. The average molecular weight is 274 g/mol. The number of nitrogens with one attached hydrogen (secondary N) is 1. The van der Waals surface area contributed by atoms with Crippen LogP contribution < -0.4 is 5.32 Å². The second kappa shape index (κ2) is 4.27. The average Bonchev–Trinajstić information content (AvgIpc) is 2.89. The summed E-state index contributed by atoms with van der Waals surface area (Å²) in [7, 11) is 1.81. The number of thiophene rings is 1. The molecule has 0 aliphatic carbocycles. The third-order valence-corrected chi connectivity index (χ3v) is 3.74. The van der Waals surface area contributed by atoms with Gasteiger partial charge in [0.2, 0.25) is 5.95 Å². The van der Waals surface area contributed by atoms with Gasteiger partial charge in [0, 0.05) is 11.9 Å². The van der Waals surface area contributed by atoms with Crippen LogP contribution >= 0.6 is 11.3 Å². The van der Waals surface area contributed by atoms with Crippen LogP contribution in [0.2, 0.25) is 0 Å². The molecule has 0 fully saturated rings. The summed E-state index contributed by atoms with van der Waals surface area (Å²) in [5.41, 5.74) is 0. The molecule has 3 rings (SSSR count). The van der Waals surface area contributed by atoms with Crippen LogP contribution in [0.25, 0.3) is 16.0 Å². The molecule has 0 aliphatic heterocycles. The van der Waals surface area contributed by atoms with Gasteiger partial charge >= 0.3 is 0 Å². The van der Waals surface area contributed by atoms with Crippen molar-refractivity contribution in [2.24, 2.45) is 0 Å². The number of hydrogen-bond donors (Lipinski definition) is 1. The Bertz CT molecular complexity index is 757. The van der Waals surface area contributed by atoms with E-state index in [0.29, 0.717) is 5.95 Å². The third-order valence-electron chi connectivity index (χ3n) is 2.79. The van der Waals surface area contributed by atoms with Crippen molar-refractivity contribution in [3.05, 3.63) is 22.6 Å². The second-order valence-corrected chi connectivity index (χ2v) is 5.55. The Morgan fingerprint density at radius 3 is 2.58 bits per heavy atom. The van der Waals surface area contributed by atoms with Gasteiger partial charge in [-0.2, -0.15) is 9.67 Å². The number of anilines is 1. The molecular formula is C12H14N6S. The molecule has 19 heavy (non-hydrogen) atoms. The molecule has 0 amide bonds. The fourth-order valence-corrected chi connectivity index (χ4v) is 2.90. The highest BCUT2D eigenvalue weighted by atomic mass is 32.1. The first-order valence-corrected chi connectivity index (χ1v) is 6.76. The molecule has 6 nitrogen and oxygen atoms in total. The number of fused-ring (bicyclic) bond motifs is 1. The topological polar surface area (TPSA) is 68.5 Å². The van der Waals surface area contributed by atoms with E-state index in [2.05, 4.69) is 38.4 Å². The van der Waals surface area contributed by atoms with E-state index in [1.54, 1.807) is 16.0 Å². The smallest absolute Gasteiger partial charge is 0.225 e. The molecular weight excluding hydrogens is 260 g/mol. The molecule has 3 aromatic rings. The quantitative estimate of drug-likeness (QED) is 0.776. The fourth-order valence-electron chi connectivity index (χ4n) is 2.02. The highest BCUT2D eigenvalue weighted by Crippen LogP contribution is 2.28. The summed E-state index contributed by atoms with van der Waals surface area (Å²) < 4.78 is 1.77. The van der Waals surface area contributed by atoms with Gasteiger partial charge in [0.15, 0.2) is 5.82 Å². The predicted molar refractivity (Wildman–Crippen MR) is 76.1 cm³/mol. The minimum atomic E-state index is 0.594. The number of nitrogens with zero attached hydrogens (tertiary/aromatic N) is 5. The summed E-state index contributed by atoms with van der Waals surface area (Å²) in [5.74, 6) is 2.93. The van der Waals surface area contributed by atoms with Gasteiger partial charge in [-0.05, 0) is 26.8 Å². The third kappa shape index (κ3) is 1.95. The maximum absolute atomic E-state index is 4.52. The van der Waals surface area contributed by atoms with Crippen molar-refractivity contribution in [1.29, 1.82) is 0 Å². The van der Waals surface area contributed by atoms with Crippen LogP contribution in [-0.2, 0) is 0 Å². The van der Waals surface area contributed by atoms with E-state index >= 15 is 0 Å². The van der Waals surface area contributed by atoms with Crippen LogP contribution in [0.1, 0.15) is 16.5 Å². The Balaban J connectivity index is 2.35. The minimum Gasteiger partial charge on any atom is -0.357 e. The molecule has 0 saturated heterocycles. The molecule has 0 atom stereocenters. The van der Waals surface area contributed by atoms with Crippen LogP contribution in [0.4, 0.5) is 5.95 Å². The molecule has 1 N–H and O–H groups in total. The lowest BCUT2D eigenvalue weighted by Gasteiger charge is -2.06. The van der Waals surface area contributed by atoms with Gasteiger partial charge < -0.3 is 5.32 Å². The molecule has 0 aliphatic rings. The van der Waals surface area contributed by atoms with E-state index in [1.807, 2.05) is 20.9 Å². The van der Waals surface area contributed by atoms with Gasteiger partial charge in [0.05, 0.1) is 5.39 Å². The van der Waals surface area contributed by atoms with Crippen molar-refractivity contribution in [3.63, 3.8) is 0 Å². The van der Waals surface area contributed by atoms with Gasteiger partial charge in [0.25, 0.3) is 0 Å². The molecule has 0 unspecified atom stereocenters. The predicted octanol–water partition coefficient (Wildman–Crippen LogP) is 2.24. The normalized spacial score (nSPS) is 11.2.